The van der Waals surface area contributed by atoms with Gasteiger partial charge in [-0.2, -0.15) is 12.6 Å². The molecular weight excluding hydrogens is 460 g/mol. The first-order valence-corrected chi connectivity index (χ1v) is 11.8. The third-order valence-electron chi connectivity index (χ3n) is 5.57. The molecule has 0 radical (unpaired) electrons. The van der Waals surface area contributed by atoms with Gasteiger partial charge in [-0.15, -0.1) is 0 Å². The Morgan fingerprint density at radius 2 is 1.47 bits per heavy atom. The molecule has 1 rings (SSSR count). The van der Waals surface area contributed by atoms with Gasteiger partial charge in [0.1, 0.15) is 23.9 Å². The van der Waals surface area contributed by atoms with Gasteiger partial charge in [0.05, 0.1) is 6.04 Å². The van der Waals surface area contributed by atoms with Crippen LogP contribution in [0.1, 0.15) is 39.7 Å². The van der Waals surface area contributed by atoms with Gasteiger partial charge in [0.2, 0.25) is 17.7 Å². The predicted molar refractivity (Wildman–Crippen MR) is 131 cm³/mol. The molecule has 0 aromatic heterocycles. The van der Waals surface area contributed by atoms with Crippen molar-refractivity contribution in [3.05, 3.63) is 29.8 Å². The lowest BCUT2D eigenvalue weighted by Crippen LogP contribution is -2.60. The second-order valence-corrected chi connectivity index (χ2v) is 9.03. The van der Waals surface area contributed by atoms with Crippen molar-refractivity contribution in [1.82, 2.24) is 16.0 Å². The molecule has 0 saturated heterocycles. The van der Waals surface area contributed by atoms with Gasteiger partial charge in [0.25, 0.3) is 0 Å². The number of aliphatic carboxylic acids is 1. The van der Waals surface area contributed by atoms with Gasteiger partial charge < -0.3 is 31.9 Å². The zero-order chi connectivity index (χ0) is 26.0. The van der Waals surface area contributed by atoms with E-state index in [1.807, 2.05) is 6.92 Å². The van der Waals surface area contributed by atoms with Crippen molar-refractivity contribution in [2.75, 3.05) is 5.75 Å². The largest absolute Gasteiger partial charge is 0.508 e. The number of amides is 3. The molecule has 0 fully saturated rings. The van der Waals surface area contributed by atoms with Crippen LogP contribution in [0.4, 0.5) is 0 Å². The summed E-state index contributed by atoms with van der Waals surface area (Å²) in [5.74, 6) is -3.58. The Labute approximate surface area is 205 Å². The summed E-state index contributed by atoms with van der Waals surface area (Å²) in [5.41, 5.74) is 6.77. The Bertz CT molecular complexity index is 848. The van der Waals surface area contributed by atoms with Crippen LogP contribution >= 0.6 is 12.6 Å². The van der Waals surface area contributed by atoms with E-state index in [-0.39, 0.29) is 29.8 Å². The highest BCUT2D eigenvalue weighted by Crippen LogP contribution is 2.13. The molecule has 5 atom stereocenters. The molecule has 0 aliphatic carbocycles. The Balaban J connectivity index is 2.91. The molecule has 5 unspecified atom stereocenters. The Morgan fingerprint density at radius 1 is 0.941 bits per heavy atom. The monoisotopic (exact) mass is 496 g/mol. The topological polar surface area (TPSA) is 171 Å². The average Bonchev–Trinajstić information content (AvgIpc) is 2.79. The van der Waals surface area contributed by atoms with Gasteiger partial charge >= 0.3 is 5.97 Å². The fourth-order valence-electron chi connectivity index (χ4n) is 3.17. The van der Waals surface area contributed by atoms with Gasteiger partial charge in [-0.3, -0.25) is 14.4 Å². The molecule has 0 aliphatic rings. The fourth-order valence-corrected chi connectivity index (χ4v) is 3.41. The smallest absolute Gasteiger partial charge is 0.327 e. The Morgan fingerprint density at radius 3 is 1.94 bits per heavy atom. The van der Waals surface area contributed by atoms with Crippen molar-refractivity contribution in [3.63, 3.8) is 0 Å². The third-order valence-corrected chi connectivity index (χ3v) is 5.93. The SMILES string of the molecule is CCC(C)C(NC(=O)C(NC(=O)C(N)Cc1ccc(O)cc1)C(C)C)C(=O)NC(CS)C(=O)O. The van der Waals surface area contributed by atoms with Crippen LogP contribution in [-0.4, -0.2) is 63.8 Å². The quantitative estimate of drug-likeness (QED) is 0.194. The minimum absolute atomic E-state index is 0.0993. The van der Waals surface area contributed by atoms with Crippen molar-refractivity contribution in [1.29, 1.82) is 0 Å². The molecule has 0 heterocycles. The number of phenols is 1. The molecule has 11 heteroatoms. The van der Waals surface area contributed by atoms with E-state index in [1.165, 1.54) is 12.1 Å². The molecule has 1 aromatic rings. The zero-order valence-electron chi connectivity index (χ0n) is 19.9. The van der Waals surface area contributed by atoms with Crippen molar-refractivity contribution < 1.29 is 29.4 Å². The number of rotatable bonds is 13. The minimum Gasteiger partial charge on any atom is -0.508 e. The first-order chi connectivity index (χ1) is 15.9. The van der Waals surface area contributed by atoms with Gasteiger partial charge in [0, 0.05) is 5.75 Å². The van der Waals surface area contributed by atoms with Crippen LogP contribution in [0.25, 0.3) is 0 Å². The lowest BCUT2D eigenvalue weighted by Gasteiger charge is -2.29. The summed E-state index contributed by atoms with van der Waals surface area (Å²) in [7, 11) is 0. The summed E-state index contributed by atoms with van der Waals surface area (Å²) in [4.78, 5) is 49.8. The number of carbonyl (C=O) groups excluding carboxylic acids is 3. The highest BCUT2D eigenvalue weighted by Gasteiger charge is 2.33. The highest BCUT2D eigenvalue weighted by molar-refractivity contribution is 7.80. The van der Waals surface area contributed by atoms with E-state index >= 15 is 0 Å². The second-order valence-electron chi connectivity index (χ2n) is 8.66. The lowest BCUT2D eigenvalue weighted by atomic mass is 9.96. The van der Waals surface area contributed by atoms with Crippen LogP contribution in [-0.2, 0) is 25.6 Å². The maximum Gasteiger partial charge on any atom is 0.327 e. The van der Waals surface area contributed by atoms with E-state index in [9.17, 15) is 29.4 Å². The molecule has 1 aromatic carbocycles. The number of carboxylic acid groups (broad SMARTS) is 1. The van der Waals surface area contributed by atoms with E-state index in [0.717, 1.165) is 5.56 Å². The summed E-state index contributed by atoms with van der Waals surface area (Å²) >= 11 is 3.94. The van der Waals surface area contributed by atoms with Crippen molar-refractivity contribution in [2.45, 2.75) is 64.7 Å². The maximum absolute atomic E-state index is 13.1. The van der Waals surface area contributed by atoms with Crippen molar-refractivity contribution >= 4 is 36.3 Å². The molecule has 34 heavy (non-hydrogen) atoms. The van der Waals surface area contributed by atoms with Crippen LogP contribution in [0.3, 0.4) is 0 Å². The van der Waals surface area contributed by atoms with E-state index in [2.05, 4.69) is 28.6 Å². The Kier molecular flexibility index (Phi) is 11.9. The molecule has 7 N–H and O–H groups in total. The van der Waals surface area contributed by atoms with Gasteiger partial charge in [-0.05, 0) is 36.0 Å². The van der Waals surface area contributed by atoms with Crippen LogP contribution < -0.4 is 21.7 Å². The van der Waals surface area contributed by atoms with Crippen molar-refractivity contribution in [2.24, 2.45) is 17.6 Å². The fraction of sp³-hybridized carbons (Fsp3) is 0.565. The van der Waals surface area contributed by atoms with E-state index in [4.69, 9.17) is 5.73 Å². The molecule has 3 amide bonds. The number of aromatic hydroxyl groups is 1. The van der Waals surface area contributed by atoms with E-state index in [1.54, 1.807) is 32.9 Å². The van der Waals surface area contributed by atoms with Crippen LogP contribution in [0, 0.1) is 11.8 Å². The summed E-state index contributed by atoms with van der Waals surface area (Å²) in [5, 5.41) is 26.3. The molecule has 190 valence electrons. The molecular formula is C23H36N4O6S. The van der Waals surface area contributed by atoms with Crippen LogP contribution in [0.15, 0.2) is 24.3 Å². The summed E-state index contributed by atoms with van der Waals surface area (Å²) in [6.07, 6.45) is 0.754. The number of thiol groups is 1. The number of nitrogens with one attached hydrogen (secondary N) is 3. The number of hydrogen-bond acceptors (Lipinski definition) is 7. The van der Waals surface area contributed by atoms with Crippen molar-refractivity contribution in [3.8, 4) is 5.75 Å². The minimum atomic E-state index is -1.23. The number of carbonyl (C=O) groups is 4. The first kappa shape index (κ1) is 29.2. The number of phenolic OH excluding ortho intramolecular Hbond substituents is 1. The van der Waals surface area contributed by atoms with E-state index in [0.29, 0.717) is 6.42 Å². The molecule has 0 spiro atoms. The molecule has 0 bridgehead atoms. The zero-order valence-corrected chi connectivity index (χ0v) is 20.8. The lowest BCUT2D eigenvalue weighted by molar-refractivity contribution is -0.142. The first-order valence-electron chi connectivity index (χ1n) is 11.2. The number of hydrogen-bond donors (Lipinski definition) is 7. The summed E-state index contributed by atoms with van der Waals surface area (Å²) in [6, 6.07) is 2.21. The van der Waals surface area contributed by atoms with Crippen LogP contribution in [0.2, 0.25) is 0 Å². The standard InChI is InChI=1S/C23H36N4O6S/c1-5-13(4)19(22(31)25-17(11-34)23(32)33)27-21(30)18(12(2)3)26-20(29)16(24)10-14-6-8-15(28)9-7-14/h6-9,12-13,16-19,28,34H,5,10-11,24H2,1-4H3,(H,25,31)(H,26,29)(H,27,30)(H,32,33). The molecule has 10 nitrogen and oxygen atoms in total. The van der Waals surface area contributed by atoms with Gasteiger partial charge in [-0.1, -0.05) is 46.2 Å². The predicted octanol–water partition coefficient (Wildman–Crippen LogP) is 0.433. The number of benzene rings is 1. The summed E-state index contributed by atoms with van der Waals surface area (Å²) in [6.45, 7) is 7.09. The second kappa shape index (κ2) is 13.8. The number of nitrogens with two attached hydrogens (primary N) is 1. The Hall–Kier alpha value is -2.79. The molecule has 0 aliphatic heterocycles. The van der Waals surface area contributed by atoms with E-state index < -0.39 is 47.9 Å². The van der Waals surface area contributed by atoms with Crippen LogP contribution in [0.5, 0.6) is 5.75 Å². The van der Waals surface area contributed by atoms with Gasteiger partial charge in [-0.25, -0.2) is 4.79 Å². The number of carboxylic acids is 1. The average molecular weight is 497 g/mol. The normalized spacial score (nSPS) is 15.5. The third kappa shape index (κ3) is 8.86. The van der Waals surface area contributed by atoms with Gasteiger partial charge in [0.15, 0.2) is 0 Å². The highest BCUT2D eigenvalue weighted by atomic mass is 32.1. The summed E-state index contributed by atoms with van der Waals surface area (Å²) < 4.78 is 0. The molecule has 0 saturated carbocycles. The maximum atomic E-state index is 13.1.